The average molecular weight is 263 g/mol. The maximum Gasteiger partial charge on any atom is 0.243 e. The number of nitrogens with zero attached hydrogens (tertiary/aromatic N) is 1. The molecule has 16 heavy (non-hydrogen) atoms. The third kappa shape index (κ3) is 3.46. The van der Waals surface area contributed by atoms with Gasteiger partial charge in [0.2, 0.25) is 5.91 Å². The Morgan fingerprint density at radius 3 is 2.69 bits per heavy atom. The van der Waals surface area contributed by atoms with Crippen molar-refractivity contribution < 1.29 is 13.2 Å². The second-order valence-corrected chi connectivity index (χ2v) is 6.12. The molecule has 0 aliphatic heterocycles. The van der Waals surface area contributed by atoms with E-state index in [1.54, 1.807) is 6.07 Å². The van der Waals surface area contributed by atoms with Crippen LogP contribution in [0, 0.1) is 0 Å². The number of anilines is 1. The molecule has 1 N–H and O–H groups in total. The minimum atomic E-state index is -3.41. The predicted molar refractivity (Wildman–Crippen MR) is 62.2 cm³/mol. The van der Waals surface area contributed by atoms with Crippen molar-refractivity contribution in [2.45, 2.75) is 12.2 Å². The van der Waals surface area contributed by atoms with Gasteiger partial charge in [0, 0.05) is 17.5 Å². The van der Waals surface area contributed by atoms with Gasteiger partial charge in [0.1, 0.15) is 11.1 Å². The van der Waals surface area contributed by atoms with Crippen molar-refractivity contribution in [2.24, 2.45) is 0 Å². The van der Waals surface area contributed by atoms with Crippen LogP contribution in [0.5, 0.6) is 0 Å². The molecule has 0 aromatic carbocycles. The highest BCUT2D eigenvalue weighted by Gasteiger charge is 2.23. The molecule has 1 heterocycles. The van der Waals surface area contributed by atoms with Crippen molar-refractivity contribution >= 4 is 33.2 Å². The molecule has 0 aliphatic rings. The molecule has 1 unspecified atom stereocenters. The Hall–Kier alpha value is -1.14. The molecule has 5 nitrogen and oxygen atoms in total. The number of carbonyl (C=O) groups is 1. The van der Waals surface area contributed by atoms with E-state index in [-0.39, 0.29) is 5.82 Å². The maximum atomic E-state index is 11.5. The fourth-order valence-corrected chi connectivity index (χ4v) is 1.50. The lowest BCUT2D eigenvalue weighted by atomic mass is 10.4. The van der Waals surface area contributed by atoms with E-state index in [0.717, 1.165) is 6.26 Å². The number of hydrogen-bond acceptors (Lipinski definition) is 4. The minimum Gasteiger partial charge on any atom is -0.310 e. The number of halogens is 1. The van der Waals surface area contributed by atoms with Crippen LogP contribution in [0.1, 0.15) is 6.92 Å². The highest BCUT2D eigenvalue weighted by molar-refractivity contribution is 7.92. The summed E-state index contributed by atoms with van der Waals surface area (Å²) in [5.41, 5.74) is 0. The first-order valence-electron chi connectivity index (χ1n) is 4.42. The van der Waals surface area contributed by atoms with Crippen molar-refractivity contribution in [1.82, 2.24) is 4.98 Å². The van der Waals surface area contributed by atoms with Gasteiger partial charge in [-0.3, -0.25) is 4.79 Å². The second kappa shape index (κ2) is 4.80. The maximum absolute atomic E-state index is 11.5. The van der Waals surface area contributed by atoms with Gasteiger partial charge in [0.15, 0.2) is 9.84 Å². The van der Waals surface area contributed by atoms with Crippen LogP contribution in [0.3, 0.4) is 0 Å². The van der Waals surface area contributed by atoms with Crippen molar-refractivity contribution in [3.8, 4) is 0 Å². The van der Waals surface area contributed by atoms with Crippen LogP contribution in [0.4, 0.5) is 5.82 Å². The van der Waals surface area contributed by atoms with E-state index in [1.165, 1.54) is 19.2 Å². The van der Waals surface area contributed by atoms with Gasteiger partial charge in [0.25, 0.3) is 0 Å². The Labute approximate surface area is 98.8 Å². The highest BCUT2D eigenvalue weighted by Crippen LogP contribution is 2.12. The number of carbonyl (C=O) groups excluding carboxylic acids is 1. The lowest BCUT2D eigenvalue weighted by Crippen LogP contribution is -2.32. The first-order chi connectivity index (χ1) is 7.30. The van der Waals surface area contributed by atoms with Gasteiger partial charge in [-0.2, -0.15) is 0 Å². The molecule has 1 aromatic rings. The monoisotopic (exact) mass is 262 g/mol. The van der Waals surface area contributed by atoms with Crippen LogP contribution in [0.25, 0.3) is 0 Å². The molecule has 0 saturated heterocycles. The minimum absolute atomic E-state index is 0.230. The summed E-state index contributed by atoms with van der Waals surface area (Å²) in [4.78, 5) is 15.3. The van der Waals surface area contributed by atoms with Crippen LogP contribution in [0.2, 0.25) is 5.02 Å². The molecule has 0 spiro atoms. The number of aromatic nitrogens is 1. The van der Waals surface area contributed by atoms with E-state index < -0.39 is 21.0 Å². The molecule has 1 amide bonds. The van der Waals surface area contributed by atoms with Crippen LogP contribution < -0.4 is 5.32 Å². The number of hydrogen-bond donors (Lipinski definition) is 1. The highest BCUT2D eigenvalue weighted by atomic mass is 35.5. The molecule has 0 fully saturated rings. The number of nitrogens with one attached hydrogen (secondary N) is 1. The van der Waals surface area contributed by atoms with Gasteiger partial charge in [-0.25, -0.2) is 13.4 Å². The molecule has 7 heteroatoms. The van der Waals surface area contributed by atoms with Crippen LogP contribution in [-0.2, 0) is 14.6 Å². The number of rotatable bonds is 3. The summed E-state index contributed by atoms with van der Waals surface area (Å²) in [6.45, 7) is 1.31. The molecule has 0 aliphatic carbocycles. The van der Waals surface area contributed by atoms with E-state index in [2.05, 4.69) is 10.3 Å². The van der Waals surface area contributed by atoms with Crippen molar-refractivity contribution in [3.05, 3.63) is 23.4 Å². The summed E-state index contributed by atoms with van der Waals surface area (Å²) in [6.07, 6.45) is 2.42. The summed E-state index contributed by atoms with van der Waals surface area (Å²) < 4.78 is 22.2. The van der Waals surface area contributed by atoms with E-state index in [1.807, 2.05) is 0 Å². The lowest BCUT2D eigenvalue weighted by Gasteiger charge is -2.09. The Balaban J connectivity index is 2.80. The van der Waals surface area contributed by atoms with E-state index in [4.69, 9.17) is 11.6 Å². The van der Waals surface area contributed by atoms with E-state index >= 15 is 0 Å². The van der Waals surface area contributed by atoms with Gasteiger partial charge in [0.05, 0.1) is 0 Å². The molecule has 1 atom stereocenters. The largest absolute Gasteiger partial charge is 0.310 e. The Morgan fingerprint density at radius 2 is 2.19 bits per heavy atom. The smallest absolute Gasteiger partial charge is 0.243 e. The summed E-state index contributed by atoms with van der Waals surface area (Å²) >= 11 is 5.69. The zero-order valence-corrected chi connectivity index (χ0v) is 10.3. The number of pyridine rings is 1. The Bertz CT molecular complexity index is 501. The molecular weight excluding hydrogens is 252 g/mol. The normalized spacial score (nSPS) is 13.2. The Morgan fingerprint density at radius 1 is 1.56 bits per heavy atom. The summed E-state index contributed by atoms with van der Waals surface area (Å²) in [7, 11) is -3.41. The van der Waals surface area contributed by atoms with Gasteiger partial charge in [-0.15, -0.1) is 0 Å². The summed E-state index contributed by atoms with van der Waals surface area (Å²) in [5.74, 6) is -0.398. The third-order valence-corrected chi connectivity index (χ3v) is 3.72. The molecule has 1 rings (SSSR count). The molecule has 0 radical (unpaired) electrons. The standard InChI is InChI=1S/C9H11ClN2O3S/c1-6(16(2,14)15)9(13)12-8-5-7(10)3-4-11-8/h3-6H,1-2H3,(H,11,12,13). The van der Waals surface area contributed by atoms with Gasteiger partial charge < -0.3 is 5.32 Å². The molecular formula is C9H11ClN2O3S. The van der Waals surface area contributed by atoms with Crippen LogP contribution >= 0.6 is 11.6 Å². The zero-order valence-electron chi connectivity index (χ0n) is 8.77. The number of amides is 1. The van der Waals surface area contributed by atoms with Gasteiger partial charge in [-0.05, 0) is 19.1 Å². The quantitative estimate of drug-likeness (QED) is 0.885. The van der Waals surface area contributed by atoms with Gasteiger partial charge in [-0.1, -0.05) is 11.6 Å². The number of sulfone groups is 1. The summed E-state index contributed by atoms with van der Waals surface area (Å²) in [6, 6.07) is 2.99. The Kier molecular flexibility index (Phi) is 3.88. The lowest BCUT2D eigenvalue weighted by molar-refractivity contribution is -0.115. The second-order valence-electron chi connectivity index (χ2n) is 3.32. The predicted octanol–water partition coefficient (Wildman–Crippen LogP) is 1.11. The topological polar surface area (TPSA) is 76.1 Å². The van der Waals surface area contributed by atoms with Crippen molar-refractivity contribution in [3.63, 3.8) is 0 Å². The van der Waals surface area contributed by atoms with Gasteiger partial charge >= 0.3 is 0 Å². The molecule has 0 bridgehead atoms. The van der Waals surface area contributed by atoms with Crippen molar-refractivity contribution in [1.29, 1.82) is 0 Å². The third-order valence-electron chi connectivity index (χ3n) is 1.98. The SMILES string of the molecule is CC(C(=O)Nc1cc(Cl)ccn1)S(C)(=O)=O. The van der Waals surface area contributed by atoms with E-state index in [9.17, 15) is 13.2 Å². The fraction of sp³-hybridized carbons (Fsp3) is 0.333. The molecule has 0 saturated carbocycles. The van der Waals surface area contributed by atoms with Crippen molar-refractivity contribution in [2.75, 3.05) is 11.6 Å². The van der Waals surface area contributed by atoms with E-state index in [0.29, 0.717) is 5.02 Å². The zero-order chi connectivity index (χ0) is 12.3. The summed E-state index contributed by atoms with van der Waals surface area (Å²) in [5, 5.41) is 1.67. The molecule has 1 aromatic heterocycles. The van der Waals surface area contributed by atoms with Crippen LogP contribution in [0.15, 0.2) is 18.3 Å². The molecule has 88 valence electrons. The first-order valence-corrected chi connectivity index (χ1v) is 6.75. The van der Waals surface area contributed by atoms with Crippen LogP contribution in [-0.4, -0.2) is 30.8 Å². The first kappa shape index (κ1) is 12.9. The average Bonchev–Trinajstić information content (AvgIpc) is 2.15. The fourth-order valence-electron chi connectivity index (χ4n) is 0.895.